The summed E-state index contributed by atoms with van der Waals surface area (Å²) in [6, 6.07) is 7.87. The van der Waals surface area contributed by atoms with E-state index in [2.05, 4.69) is 5.32 Å². The molecule has 8 heteroatoms. The molecule has 26 heavy (non-hydrogen) atoms. The highest BCUT2D eigenvalue weighted by atomic mass is 35.5. The van der Waals surface area contributed by atoms with Crippen molar-refractivity contribution >= 4 is 29.1 Å². The van der Waals surface area contributed by atoms with Gasteiger partial charge in [-0.05, 0) is 24.6 Å². The lowest BCUT2D eigenvalue weighted by Gasteiger charge is -2.13. The number of carbonyl (C=O) groups excluding carboxylic acids is 1. The third kappa shape index (κ3) is 5.83. The molecule has 0 radical (unpaired) electrons. The van der Waals surface area contributed by atoms with Crippen molar-refractivity contribution in [2.75, 3.05) is 13.2 Å². The van der Waals surface area contributed by atoms with Gasteiger partial charge in [-0.2, -0.15) is 0 Å². The van der Waals surface area contributed by atoms with Crippen LogP contribution in [0.25, 0.3) is 0 Å². The number of carbonyl (C=O) groups is 1. The van der Waals surface area contributed by atoms with Crippen LogP contribution in [0.5, 0.6) is 5.75 Å². The summed E-state index contributed by atoms with van der Waals surface area (Å²) in [5, 5.41) is 13.1. The predicted octanol–water partition coefficient (Wildman–Crippen LogP) is 4.28. The zero-order chi connectivity index (χ0) is 19.1. The van der Waals surface area contributed by atoms with Crippen molar-refractivity contribution in [1.82, 2.24) is 5.32 Å². The van der Waals surface area contributed by atoms with Crippen LogP contribution in [0, 0.1) is 11.6 Å². The van der Waals surface area contributed by atoms with Crippen LogP contribution in [0.3, 0.4) is 0 Å². The summed E-state index contributed by atoms with van der Waals surface area (Å²) in [5.74, 6) is -1.49. The molecule has 1 amide bonds. The van der Waals surface area contributed by atoms with Crippen LogP contribution in [0.4, 0.5) is 8.78 Å². The molecule has 140 valence electrons. The van der Waals surface area contributed by atoms with Gasteiger partial charge in [0.15, 0.2) is 0 Å². The van der Waals surface area contributed by atoms with E-state index in [-0.39, 0.29) is 31.0 Å². The van der Waals surface area contributed by atoms with Crippen molar-refractivity contribution in [1.29, 1.82) is 0 Å². The molecule has 1 atom stereocenters. The minimum absolute atomic E-state index is 0.0781. The highest BCUT2D eigenvalue weighted by Gasteiger charge is 2.14. The number of hydrogen-bond acceptors (Lipinski definition) is 3. The molecule has 0 heterocycles. The van der Waals surface area contributed by atoms with Crippen LogP contribution in [-0.4, -0.2) is 24.2 Å². The lowest BCUT2D eigenvalue weighted by molar-refractivity contribution is -0.121. The van der Waals surface area contributed by atoms with Gasteiger partial charge in [0.25, 0.3) is 0 Å². The standard InChI is InChI=1S/C18H17Cl2F2NO3/c19-13-3-1-4-16(18(13)20)26-8-2-5-17(25)23-10-15(24)12-7-6-11(21)9-14(12)22/h1,3-4,6-7,9,15,24H,2,5,8,10H2,(H,23,25). The molecule has 2 aromatic carbocycles. The number of benzene rings is 2. The fraction of sp³-hybridized carbons (Fsp3) is 0.278. The Bertz CT molecular complexity index is 774. The normalized spacial score (nSPS) is 11.9. The van der Waals surface area contributed by atoms with Gasteiger partial charge in [0, 0.05) is 24.6 Å². The van der Waals surface area contributed by atoms with Crippen molar-refractivity contribution in [2.24, 2.45) is 0 Å². The molecule has 0 saturated heterocycles. The number of ether oxygens (including phenoxy) is 1. The zero-order valence-electron chi connectivity index (χ0n) is 13.6. The molecule has 0 spiro atoms. The molecule has 4 nitrogen and oxygen atoms in total. The summed E-state index contributed by atoms with van der Waals surface area (Å²) in [6.45, 7) is 0.0744. The molecular weight excluding hydrogens is 387 g/mol. The summed E-state index contributed by atoms with van der Waals surface area (Å²) in [6.07, 6.45) is -0.701. The SMILES string of the molecule is O=C(CCCOc1cccc(Cl)c1Cl)NCC(O)c1ccc(F)cc1F. The maximum absolute atomic E-state index is 13.5. The second-order valence-corrected chi connectivity index (χ2v) is 6.27. The summed E-state index contributed by atoms with van der Waals surface area (Å²) in [7, 11) is 0. The van der Waals surface area contributed by atoms with E-state index in [4.69, 9.17) is 27.9 Å². The monoisotopic (exact) mass is 403 g/mol. The molecule has 0 aliphatic carbocycles. The van der Waals surface area contributed by atoms with Gasteiger partial charge in [-0.3, -0.25) is 4.79 Å². The molecular formula is C18H17Cl2F2NO3. The van der Waals surface area contributed by atoms with Gasteiger partial charge in [0.1, 0.15) is 22.4 Å². The lowest BCUT2D eigenvalue weighted by Crippen LogP contribution is -2.28. The lowest BCUT2D eigenvalue weighted by atomic mass is 10.1. The number of hydrogen-bond donors (Lipinski definition) is 2. The van der Waals surface area contributed by atoms with Gasteiger partial charge in [-0.25, -0.2) is 8.78 Å². The third-order valence-corrected chi connectivity index (χ3v) is 4.34. The van der Waals surface area contributed by atoms with Crippen LogP contribution >= 0.6 is 23.2 Å². The van der Waals surface area contributed by atoms with E-state index in [1.165, 1.54) is 0 Å². The number of rotatable bonds is 8. The topological polar surface area (TPSA) is 58.6 Å². The smallest absolute Gasteiger partial charge is 0.220 e. The minimum atomic E-state index is -1.26. The second-order valence-electron chi connectivity index (χ2n) is 5.49. The van der Waals surface area contributed by atoms with E-state index in [1.54, 1.807) is 18.2 Å². The highest BCUT2D eigenvalue weighted by molar-refractivity contribution is 6.42. The van der Waals surface area contributed by atoms with Gasteiger partial charge in [0.2, 0.25) is 5.91 Å². The first kappa shape index (κ1) is 20.4. The molecule has 0 aromatic heterocycles. The predicted molar refractivity (Wildman–Crippen MR) is 95.5 cm³/mol. The summed E-state index contributed by atoms with van der Waals surface area (Å²) in [4.78, 5) is 11.8. The first-order chi connectivity index (χ1) is 12.4. The summed E-state index contributed by atoms with van der Waals surface area (Å²) >= 11 is 11.9. The van der Waals surface area contributed by atoms with E-state index >= 15 is 0 Å². The maximum Gasteiger partial charge on any atom is 0.220 e. The van der Waals surface area contributed by atoms with Crippen LogP contribution < -0.4 is 10.1 Å². The number of aliphatic hydroxyl groups is 1. The Labute approximate surface area is 159 Å². The fourth-order valence-corrected chi connectivity index (χ4v) is 2.54. The summed E-state index contributed by atoms with van der Waals surface area (Å²) < 4.78 is 31.9. The Morgan fingerprint density at radius 1 is 1.23 bits per heavy atom. The summed E-state index contributed by atoms with van der Waals surface area (Å²) in [5.41, 5.74) is -0.0781. The van der Waals surface area contributed by atoms with E-state index in [0.717, 1.165) is 12.1 Å². The van der Waals surface area contributed by atoms with Crippen molar-refractivity contribution in [3.63, 3.8) is 0 Å². The van der Waals surface area contributed by atoms with E-state index in [0.29, 0.717) is 28.3 Å². The fourth-order valence-electron chi connectivity index (χ4n) is 2.19. The van der Waals surface area contributed by atoms with E-state index in [9.17, 15) is 18.7 Å². The van der Waals surface area contributed by atoms with Gasteiger partial charge in [-0.15, -0.1) is 0 Å². The molecule has 0 saturated carbocycles. The Hall–Kier alpha value is -1.89. The van der Waals surface area contributed by atoms with Crippen LogP contribution in [0.2, 0.25) is 10.0 Å². The minimum Gasteiger partial charge on any atom is -0.492 e. The van der Waals surface area contributed by atoms with Crippen LogP contribution in [0.15, 0.2) is 36.4 Å². The highest BCUT2D eigenvalue weighted by Crippen LogP contribution is 2.31. The van der Waals surface area contributed by atoms with Crippen LogP contribution in [-0.2, 0) is 4.79 Å². The Morgan fingerprint density at radius 2 is 2.00 bits per heavy atom. The van der Waals surface area contributed by atoms with Crippen molar-refractivity contribution < 1.29 is 23.4 Å². The third-order valence-electron chi connectivity index (χ3n) is 3.54. The van der Waals surface area contributed by atoms with Crippen molar-refractivity contribution in [3.05, 3.63) is 63.6 Å². The quantitative estimate of drug-likeness (QED) is 0.646. The van der Waals surface area contributed by atoms with Gasteiger partial charge >= 0.3 is 0 Å². The second kappa shape index (κ2) is 9.71. The molecule has 1 unspecified atom stereocenters. The van der Waals surface area contributed by atoms with E-state index in [1.807, 2.05) is 0 Å². The first-order valence-electron chi connectivity index (χ1n) is 7.85. The molecule has 0 aliphatic heterocycles. The first-order valence-corrected chi connectivity index (χ1v) is 8.60. The number of halogens is 4. The Morgan fingerprint density at radius 3 is 2.73 bits per heavy atom. The molecule has 0 bridgehead atoms. The number of nitrogens with one attached hydrogen (secondary N) is 1. The van der Waals surface area contributed by atoms with Crippen molar-refractivity contribution in [3.8, 4) is 5.75 Å². The van der Waals surface area contributed by atoms with Crippen molar-refractivity contribution in [2.45, 2.75) is 18.9 Å². The molecule has 2 rings (SSSR count). The molecule has 0 aliphatic rings. The molecule has 2 aromatic rings. The zero-order valence-corrected chi connectivity index (χ0v) is 15.2. The average molecular weight is 404 g/mol. The Balaban J connectivity index is 1.71. The number of amides is 1. The van der Waals surface area contributed by atoms with Gasteiger partial charge < -0.3 is 15.2 Å². The molecule has 0 fully saturated rings. The van der Waals surface area contributed by atoms with E-state index < -0.39 is 17.7 Å². The largest absolute Gasteiger partial charge is 0.492 e. The average Bonchev–Trinajstić information content (AvgIpc) is 2.60. The van der Waals surface area contributed by atoms with Crippen LogP contribution in [0.1, 0.15) is 24.5 Å². The number of aliphatic hydroxyl groups excluding tert-OH is 1. The van der Waals surface area contributed by atoms with Gasteiger partial charge in [0.05, 0.1) is 17.7 Å². The maximum atomic E-state index is 13.5. The van der Waals surface area contributed by atoms with Gasteiger partial charge in [-0.1, -0.05) is 35.3 Å². The Kier molecular flexibility index (Phi) is 7.63. The molecule has 2 N–H and O–H groups in total.